The third kappa shape index (κ3) is 5.34. The van der Waals surface area contributed by atoms with Crippen LogP contribution in [0, 0.1) is 5.92 Å². The van der Waals surface area contributed by atoms with Gasteiger partial charge in [-0.25, -0.2) is 0 Å². The maximum Gasteiger partial charge on any atom is 0.233 e. The molecule has 114 valence electrons. The lowest BCUT2D eigenvalue weighted by atomic mass is 10.2. The number of carbonyl (C=O) groups excluding carboxylic acids is 1. The zero-order chi connectivity index (χ0) is 15.1. The van der Waals surface area contributed by atoms with Gasteiger partial charge in [-0.3, -0.25) is 4.79 Å². The molecular formula is C13H24N4O2S. The molecule has 0 bridgehead atoms. The molecule has 0 atom stereocenters. The van der Waals surface area contributed by atoms with Crippen molar-refractivity contribution >= 4 is 22.4 Å². The molecule has 7 heteroatoms. The summed E-state index contributed by atoms with van der Waals surface area (Å²) < 4.78 is 5.24. The van der Waals surface area contributed by atoms with Gasteiger partial charge in [0.05, 0.1) is 18.5 Å². The number of ether oxygens (including phenoxy) is 1. The topological polar surface area (TPSA) is 66.5 Å². The molecular weight excluding hydrogens is 276 g/mol. The first-order valence-corrected chi connectivity index (χ1v) is 7.44. The van der Waals surface area contributed by atoms with Crippen molar-refractivity contribution in [2.75, 3.05) is 39.2 Å². The van der Waals surface area contributed by atoms with Gasteiger partial charge in [0.1, 0.15) is 0 Å². The van der Waals surface area contributed by atoms with E-state index >= 15 is 0 Å². The van der Waals surface area contributed by atoms with Crippen LogP contribution in [0.25, 0.3) is 0 Å². The quantitative estimate of drug-likeness (QED) is 0.752. The summed E-state index contributed by atoms with van der Waals surface area (Å²) in [6, 6.07) is 0. The largest absolute Gasteiger partial charge is 0.480 e. The van der Waals surface area contributed by atoms with Gasteiger partial charge in [-0.05, 0) is 5.92 Å². The van der Waals surface area contributed by atoms with Crippen molar-refractivity contribution in [3.05, 3.63) is 4.88 Å². The van der Waals surface area contributed by atoms with Gasteiger partial charge in [-0.1, -0.05) is 25.2 Å². The summed E-state index contributed by atoms with van der Waals surface area (Å²) in [5, 5.41) is 6.87. The van der Waals surface area contributed by atoms with Crippen LogP contribution < -0.4 is 20.3 Å². The molecule has 2 N–H and O–H groups in total. The Kier molecular flexibility index (Phi) is 6.74. The van der Waals surface area contributed by atoms with Gasteiger partial charge in [0.15, 0.2) is 5.13 Å². The fourth-order valence-corrected chi connectivity index (χ4v) is 2.38. The average molecular weight is 300 g/mol. The third-order valence-corrected chi connectivity index (χ3v) is 3.71. The van der Waals surface area contributed by atoms with Crippen LogP contribution in [0.15, 0.2) is 0 Å². The van der Waals surface area contributed by atoms with Crippen LogP contribution >= 0.6 is 11.3 Å². The molecule has 0 unspecified atom stereocenters. The Labute approximate surface area is 124 Å². The first kappa shape index (κ1) is 16.7. The molecule has 0 aliphatic carbocycles. The number of rotatable bonds is 8. The van der Waals surface area contributed by atoms with Crippen molar-refractivity contribution in [2.45, 2.75) is 20.4 Å². The van der Waals surface area contributed by atoms with Crippen LogP contribution in [0.5, 0.6) is 5.88 Å². The van der Waals surface area contributed by atoms with E-state index in [0.717, 1.165) is 10.0 Å². The van der Waals surface area contributed by atoms with E-state index in [9.17, 15) is 4.79 Å². The Morgan fingerprint density at radius 3 is 2.70 bits per heavy atom. The smallest absolute Gasteiger partial charge is 0.233 e. The second kappa shape index (κ2) is 8.06. The van der Waals surface area contributed by atoms with Crippen LogP contribution in [0.3, 0.4) is 0 Å². The molecule has 0 saturated carbocycles. The molecule has 1 amide bonds. The van der Waals surface area contributed by atoms with E-state index in [-0.39, 0.29) is 5.91 Å². The highest BCUT2D eigenvalue weighted by molar-refractivity contribution is 7.15. The standard InChI is InChI=1S/C13H24N4O2S/c1-9(2)6-15-11(18)8-14-7-10-12(19-5)16-13(20-10)17(3)4/h9,14H,6-8H2,1-5H3,(H,15,18). The van der Waals surface area contributed by atoms with Gasteiger partial charge in [0, 0.05) is 27.2 Å². The Morgan fingerprint density at radius 1 is 1.45 bits per heavy atom. The average Bonchev–Trinajstić information content (AvgIpc) is 2.80. The van der Waals surface area contributed by atoms with Crippen LogP contribution in [0.2, 0.25) is 0 Å². The van der Waals surface area contributed by atoms with E-state index in [0.29, 0.717) is 31.4 Å². The number of nitrogens with zero attached hydrogens (tertiary/aromatic N) is 2. The number of anilines is 1. The molecule has 1 aromatic rings. The number of hydrogen-bond donors (Lipinski definition) is 2. The first-order chi connectivity index (χ1) is 9.43. The monoisotopic (exact) mass is 300 g/mol. The fourth-order valence-electron chi connectivity index (χ4n) is 1.46. The van der Waals surface area contributed by atoms with Crippen molar-refractivity contribution in [1.82, 2.24) is 15.6 Å². The molecule has 0 saturated heterocycles. The van der Waals surface area contributed by atoms with E-state index < -0.39 is 0 Å². The lowest BCUT2D eigenvalue weighted by Gasteiger charge is -2.08. The number of amides is 1. The highest BCUT2D eigenvalue weighted by atomic mass is 32.1. The molecule has 0 aliphatic rings. The van der Waals surface area contributed by atoms with E-state index in [4.69, 9.17) is 4.74 Å². The molecule has 20 heavy (non-hydrogen) atoms. The zero-order valence-electron chi connectivity index (χ0n) is 12.8. The second-order valence-corrected chi connectivity index (χ2v) is 6.19. The van der Waals surface area contributed by atoms with Crippen LogP contribution in [-0.4, -0.2) is 45.2 Å². The first-order valence-electron chi connectivity index (χ1n) is 6.62. The molecule has 1 rings (SSSR count). The van der Waals surface area contributed by atoms with Crippen molar-refractivity contribution in [1.29, 1.82) is 0 Å². The summed E-state index contributed by atoms with van der Waals surface area (Å²) >= 11 is 1.56. The summed E-state index contributed by atoms with van der Waals surface area (Å²) in [4.78, 5) is 18.9. The molecule has 0 aliphatic heterocycles. The van der Waals surface area contributed by atoms with Gasteiger partial charge < -0.3 is 20.3 Å². The molecule has 0 radical (unpaired) electrons. The van der Waals surface area contributed by atoms with Crippen molar-refractivity contribution in [3.63, 3.8) is 0 Å². The minimum Gasteiger partial charge on any atom is -0.480 e. The Balaban J connectivity index is 2.43. The minimum absolute atomic E-state index is 0.00927. The molecule has 0 aromatic carbocycles. The normalized spacial score (nSPS) is 10.7. The summed E-state index contributed by atoms with van der Waals surface area (Å²) in [7, 11) is 5.48. The maximum atomic E-state index is 11.6. The van der Waals surface area contributed by atoms with E-state index in [1.165, 1.54) is 0 Å². The maximum absolute atomic E-state index is 11.6. The minimum atomic E-state index is 0.00927. The van der Waals surface area contributed by atoms with E-state index in [1.807, 2.05) is 19.0 Å². The number of carbonyl (C=O) groups is 1. The summed E-state index contributed by atoms with van der Waals surface area (Å²) in [6.07, 6.45) is 0. The molecule has 1 aromatic heterocycles. The van der Waals surface area contributed by atoms with Gasteiger partial charge in [-0.15, -0.1) is 0 Å². The van der Waals surface area contributed by atoms with E-state index in [1.54, 1.807) is 18.4 Å². The Bertz CT molecular complexity index is 432. The SMILES string of the molecule is COc1nc(N(C)C)sc1CNCC(=O)NCC(C)C. The predicted octanol–water partition coefficient (Wildman–Crippen LogP) is 1.08. The number of aromatic nitrogens is 1. The molecule has 0 fully saturated rings. The third-order valence-electron chi connectivity index (χ3n) is 2.50. The summed E-state index contributed by atoms with van der Waals surface area (Å²) in [6.45, 7) is 5.71. The number of hydrogen-bond acceptors (Lipinski definition) is 6. The lowest BCUT2D eigenvalue weighted by Crippen LogP contribution is -2.35. The Hall–Kier alpha value is -1.34. The summed E-state index contributed by atoms with van der Waals surface area (Å²) in [5.74, 6) is 1.09. The van der Waals surface area contributed by atoms with Crippen molar-refractivity contribution < 1.29 is 9.53 Å². The Morgan fingerprint density at radius 2 is 2.15 bits per heavy atom. The highest BCUT2D eigenvalue weighted by Crippen LogP contribution is 2.29. The molecule has 6 nitrogen and oxygen atoms in total. The zero-order valence-corrected chi connectivity index (χ0v) is 13.6. The highest BCUT2D eigenvalue weighted by Gasteiger charge is 2.13. The lowest BCUT2D eigenvalue weighted by molar-refractivity contribution is -0.120. The van der Waals surface area contributed by atoms with Gasteiger partial charge >= 0.3 is 0 Å². The van der Waals surface area contributed by atoms with Crippen LogP contribution in [0.1, 0.15) is 18.7 Å². The van der Waals surface area contributed by atoms with Crippen LogP contribution in [-0.2, 0) is 11.3 Å². The van der Waals surface area contributed by atoms with Gasteiger partial charge in [0.2, 0.25) is 11.8 Å². The van der Waals surface area contributed by atoms with Crippen molar-refractivity contribution in [2.24, 2.45) is 5.92 Å². The van der Waals surface area contributed by atoms with Crippen LogP contribution in [0.4, 0.5) is 5.13 Å². The van der Waals surface area contributed by atoms with Gasteiger partial charge in [-0.2, -0.15) is 4.98 Å². The summed E-state index contributed by atoms with van der Waals surface area (Å²) in [5.41, 5.74) is 0. The predicted molar refractivity (Wildman–Crippen MR) is 82.5 cm³/mol. The molecule has 1 heterocycles. The number of methoxy groups -OCH3 is 1. The van der Waals surface area contributed by atoms with Crippen molar-refractivity contribution in [3.8, 4) is 5.88 Å². The fraction of sp³-hybridized carbons (Fsp3) is 0.692. The van der Waals surface area contributed by atoms with E-state index in [2.05, 4.69) is 29.5 Å². The number of thiazole rings is 1. The van der Waals surface area contributed by atoms with Gasteiger partial charge in [0.25, 0.3) is 0 Å². The second-order valence-electron chi connectivity index (χ2n) is 5.12. The number of nitrogens with one attached hydrogen (secondary N) is 2. The molecule has 0 spiro atoms.